The van der Waals surface area contributed by atoms with E-state index in [1.165, 1.54) is 12.1 Å². The minimum atomic E-state index is -4.61. The molecule has 25 heavy (non-hydrogen) atoms. The lowest BCUT2D eigenvalue weighted by atomic mass is 9.72. The predicted molar refractivity (Wildman–Crippen MR) is 80.6 cm³/mol. The van der Waals surface area contributed by atoms with Crippen LogP contribution in [0.2, 0.25) is 0 Å². The van der Waals surface area contributed by atoms with Gasteiger partial charge in [0.25, 0.3) is 5.91 Å². The Morgan fingerprint density at radius 2 is 1.80 bits per heavy atom. The molecule has 1 aromatic rings. The summed E-state index contributed by atoms with van der Waals surface area (Å²) in [5.41, 5.74) is -3.24. The number of aliphatic hydroxyl groups is 1. The van der Waals surface area contributed by atoms with Crippen LogP contribution in [0.3, 0.4) is 0 Å². The van der Waals surface area contributed by atoms with Gasteiger partial charge >= 0.3 is 6.18 Å². The normalized spacial score (nSPS) is 29.0. The summed E-state index contributed by atoms with van der Waals surface area (Å²) in [5.74, 6) is -1.96. The van der Waals surface area contributed by atoms with E-state index in [0.29, 0.717) is 38.9 Å². The fourth-order valence-corrected chi connectivity index (χ4v) is 4.24. The number of rotatable bonds is 1. The molecule has 3 aliphatic rings. The smallest absolute Gasteiger partial charge is 0.375 e. The average Bonchev–Trinajstić information content (AvgIpc) is 3.11. The summed E-state index contributed by atoms with van der Waals surface area (Å²) in [6.45, 7) is 1.01. The molecule has 0 bridgehead atoms. The third-order valence-electron chi connectivity index (χ3n) is 5.52. The number of carbonyl (C=O) groups excluding carboxylic acids is 1. The number of fused-ring (bicyclic) bond motifs is 1. The second-order valence-electron chi connectivity index (χ2n) is 6.83. The van der Waals surface area contributed by atoms with Crippen LogP contribution < -0.4 is 5.32 Å². The molecular weight excluding hydrogens is 339 g/mol. The molecule has 1 spiro atoms. The van der Waals surface area contributed by atoms with Crippen LogP contribution in [0.15, 0.2) is 18.2 Å². The number of anilines is 1. The highest BCUT2D eigenvalue weighted by atomic mass is 19.4. The van der Waals surface area contributed by atoms with E-state index in [1.54, 1.807) is 0 Å². The predicted octanol–water partition coefficient (Wildman–Crippen LogP) is 2.78. The molecule has 1 aromatic carbocycles. The van der Waals surface area contributed by atoms with E-state index in [1.807, 2.05) is 0 Å². The Balaban J connectivity index is 1.66. The maximum atomic E-state index is 13.2. The molecule has 0 aromatic heterocycles. The fourth-order valence-electron chi connectivity index (χ4n) is 4.24. The SMILES string of the molecule is O=C1Nc2c(C(F)(F)F)cccc2C1(O)C1CCC2(CC1)OCCO2. The van der Waals surface area contributed by atoms with Crippen molar-refractivity contribution in [2.45, 2.75) is 43.2 Å². The zero-order chi connectivity index (χ0) is 17.9. The molecule has 1 saturated carbocycles. The molecule has 0 radical (unpaired) electrons. The first-order chi connectivity index (χ1) is 11.8. The van der Waals surface area contributed by atoms with Crippen LogP contribution in [0.5, 0.6) is 0 Å². The van der Waals surface area contributed by atoms with Gasteiger partial charge in [-0.3, -0.25) is 4.79 Å². The Kier molecular flexibility index (Phi) is 3.65. The van der Waals surface area contributed by atoms with Gasteiger partial charge in [0.2, 0.25) is 0 Å². The first-order valence-corrected chi connectivity index (χ1v) is 8.29. The second kappa shape index (κ2) is 5.43. The fraction of sp³-hybridized carbons (Fsp3) is 0.588. The van der Waals surface area contributed by atoms with Crippen LogP contribution in [0.25, 0.3) is 0 Å². The number of amides is 1. The van der Waals surface area contributed by atoms with E-state index in [-0.39, 0.29) is 11.3 Å². The van der Waals surface area contributed by atoms with E-state index in [4.69, 9.17) is 9.47 Å². The maximum absolute atomic E-state index is 13.2. The molecule has 4 rings (SSSR count). The van der Waals surface area contributed by atoms with Crippen molar-refractivity contribution in [1.82, 2.24) is 0 Å². The number of alkyl halides is 3. The third-order valence-corrected chi connectivity index (χ3v) is 5.52. The highest BCUT2D eigenvalue weighted by Gasteiger charge is 2.55. The number of hydrogen-bond acceptors (Lipinski definition) is 4. The van der Waals surface area contributed by atoms with Crippen LogP contribution in [0.1, 0.15) is 36.8 Å². The number of hydrogen-bond donors (Lipinski definition) is 2. The molecule has 1 amide bonds. The van der Waals surface area contributed by atoms with E-state index < -0.39 is 35.0 Å². The third kappa shape index (κ3) is 2.46. The van der Waals surface area contributed by atoms with E-state index in [9.17, 15) is 23.1 Å². The van der Waals surface area contributed by atoms with Gasteiger partial charge in [-0.15, -0.1) is 0 Å². The molecule has 136 valence electrons. The lowest BCUT2D eigenvalue weighted by molar-refractivity contribution is -0.195. The van der Waals surface area contributed by atoms with E-state index in [0.717, 1.165) is 6.07 Å². The van der Waals surface area contributed by atoms with Gasteiger partial charge in [-0.05, 0) is 18.9 Å². The zero-order valence-electron chi connectivity index (χ0n) is 13.4. The van der Waals surface area contributed by atoms with Gasteiger partial charge in [-0.25, -0.2) is 0 Å². The Morgan fingerprint density at radius 3 is 2.40 bits per heavy atom. The van der Waals surface area contributed by atoms with E-state index >= 15 is 0 Å². The van der Waals surface area contributed by atoms with Gasteiger partial charge in [0.15, 0.2) is 11.4 Å². The zero-order valence-corrected chi connectivity index (χ0v) is 13.4. The van der Waals surface area contributed by atoms with Gasteiger partial charge in [-0.2, -0.15) is 13.2 Å². The summed E-state index contributed by atoms with van der Waals surface area (Å²) >= 11 is 0. The van der Waals surface area contributed by atoms with E-state index in [2.05, 4.69) is 5.32 Å². The summed E-state index contributed by atoms with van der Waals surface area (Å²) in [5, 5.41) is 13.3. The Hall–Kier alpha value is -1.64. The van der Waals surface area contributed by atoms with Gasteiger partial charge in [0.05, 0.1) is 24.5 Å². The summed E-state index contributed by atoms with van der Waals surface area (Å²) in [6.07, 6.45) is -2.74. The molecule has 1 atom stereocenters. The van der Waals surface area contributed by atoms with Crippen molar-refractivity contribution in [2.75, 3.05) is 18.5 Å². The number of nitrogens with one attached hydrogen (secondary N) is 1. The lowest BCUT2D eigenvalue weighted by Crippen LogP contribution is -2.46. The Morgan fingerprint density at radius 1 is 1.16 bits per heavy atom. The summed E-state index contributed by atoms with van der Waals surface area (Å²) in [6, 6.07) is 3.51. The van der Waals surface area contributed by atoms with Crippen molar-refractivity contribution in [3.05, 3.63) is 29.3 Å². The monoisotopic (exact) mass is 357 g/mol. The summed E-state index contributed by atoms with van der Waals surface area (Å²) in [4.78, 5) is 12.5. The second-order valence-corrected chi connectivity index (χ2v) is 6.83. The molecule has 2 N–H and O–H groups in total. The van der Waals surface area contributed by atoms with Crippen LogP contribution in [-0.2, 0) is 26.0 Å². The van der Waals surface area contributed by atoms with Crippen molar-refractivity contribution in [1.29, 1.82) is 0 Å². The maximum Gasteiger partial charge on any atom is 0.418 e. The van der Waals surface area contributed by atoms with Crippen LogP contribution in [-0.4, -0.2) is 30.0 Å². The minimum absolute atomic E-state index is 0.00142. The number of carbonyl (C=O) groups is 1. The number of benzene rings is 1. The first-order valence-electron chi connectivity index (χ1n) is 8.29. The summed E-state index contributed by atoms with van der Waals surface area (Å²) in [7, 11) is 0. The molecule has 1 aliphatic carbocycles. The molecule has 1 unspecified atom stereocenters. The van der Waals surface area contributed by atoms with Crippen molar-refractivity contribution >= 4 is 11.6 Å². The molecule has 1 saturated heterocycles. The highest BCUT2D eigenvalue weighted by Crippen LogP contribution is 2.51. The molecule has 2 heterocycles. The minimum Gasteiger partial charge on any atom is -0.375 e. The topological polar surface area (TPSA) is 67.8 Å². The van der Waals surface area contributed by atoms with Gasteiger partial charge in [-0.1, -0.05) is 12.1 Å². The van der Waals surface area contributed by atoms with Crippen molar-refractivity contribution in [2.24, 2.45) is 5.92 Å². The number of halogens is 3. The largest absolute Gasteiger partial charge is 0.418 e. The highest BCUT2D eigenvalue weighted by molar-refractivity contribution is 6.06. The Labute approximate surface area is 142 Å². The standard InChI is InChI=1S/C17H18F3NO4/c18-17(19,20)12-3-1-2-11-13(12)21-14(22)16(11,23)10-4-6-15(7-5-10)24-8-9-25-15/h1-3,10,23H,4-9H2,(H,21,22). The van der Waals surface area contributed by atoms with Gasteiger partial charge in [0.1, 0.15) is 0 Å². The van der Waals surface area contributed by atoms with Crippen molar-refractivity contribution in [3.63, 3.8) is 0 Å². The summed E-state index contributed by atoms with van der Waals surface area (Å²) < 4.78 is 50.9. The number of para-hydroxylation sites is 1. The molecule has 2 aliphatic heterocycles. The Bertz CT molecular complexity index is 704. The van der Waals surface area contributed by atoms with Gasteiger partial charge < -0.3 is 19.9 Å². The van der Waals surface area contributed by atoms with Crippen LogP contribution in [0.4, 0.5) is 18.9 Å². The molecular formula is C17H18F3NO4. The van der Waals surface area contributed by atoms with Crippen molar-refractivity contribution in [3.8, 4) is 0 Å². The molecule has 2 fully saturated rings. The number of ether oxygens (including phenoxy) is 2. The first kappa shape index (κ1) is 16.8. The quantitative estimate of drug-likeness (QED) is 0.811. The van der Waals surface area contributed by atoms with Crippen LogP contribution in [0, 0.1) is 5.92 Å². The van der Waals surface area contributed by atoms with Crippen molar-refractivity contribution < 1.29 is 32.5 Å². The van der Waals surface area contributed by atoms with Crippen LogP contribution >= 0.6 is 0 Å². The molecule has 5 nitrogen and oxygen atoms in total. The lowest BCUT2D eigenvalue weighted by Gasteiger charge is -2.40. The average molecular weight is 357 g/mol. The molecule has 8 heteroatoms. The van der Waals surface area contributed by atoms with Gasteiger partial charge in [0, 0.05) is 24.3 Å².